The number of nitriles is 1. The third-order valence-corrected chi connectivity index (χ3v) is 3.19. The van der Waals surface area contributed by atoms with E-state index in [1.165, 1.54) is 5.69 Å². The lowest BCUT2D eigenvalue weighted by molar-refractivity contribution is 0.455. The third kappa shape index (κ3) is 2.05. The summed E-state index contributed by atoms with van der Waals surface area (Å²) in [5.41, 5.74) is 1.84. The highest BCUT2D eigenvalue weighted by Crippen LogP contribution is 2.17. The molecule has 90 valence electrons. The molecule has 0 bridgehead atoms. The summed E-state index contributed by atoms with van der Waals surface area (Å²) in [6.45, 7) is 0.941. The summed E-state index contributed by atoms with van der Waals surface area (Å²) in [5, 5.41) is 16.4. The first kappa shape index (κ1) is 10.8. The Morgan fingerprint density at radius 2 is 2.33 bits per heavy atom. The molecular weight excluding hydrogens is 226 g/mol. The van der Waals surface area contributed by atoms with Crippen LogP contribution in [0, 0.1) is 11.3 Å². The molecule has 0 aromatic carbocycles. The highest BCUT2D eigenvalue weighted by molar-refractivity contribution is 5.40. The predicted molar refractivity (Wildman–Crippen MR) is 66.9 cm³/mol. The number of nitrogens with one attached hydrogen (secondary N) is 1. The van der Waals surface area contributed by atoms with Gasteiger partial charge in [-0.3, -0.25) is 4.68 Å². The molecule has 0 saturated heterocycles. The Labute approximate surface area is 105 Å². The van der Waals surface area contributed by atoms with Crippen LogP contribution < -0.4 is 5.32 Å². The quantitative estimate of drug-likeness (QED) is 0.864. The van der Waals surface area contributed by atoms with E-state index in [0.717, 1.165) is 25.2 Å². The van der Waals surface area contributed by atoms with Crippen LogP contribution >= 0.6 is 0 Å². The molecule has 1 N–H and O–H groups in total. The fourth-order valence-corrected chi connectivity index (χ4v) is 2.25. The van der Waals surface area contributed by atoms with Gasteiger partial charge in [-0.25, -0.2) is 4.98 Å². The van der Waals surface area contributed by atoms with E-state index in [-0.39, 0.29) is 0 Å². The zero-order valence-corrected chi connectivity index (χ0v) is 9.87. The number of aryl methyl sites for hydroxylation is 1. The highest BCUT2D eigenvalue weighted by atomic mass is 15.3. The first-order valence-electron chi connectivity index (χ1n) is 5.98. The van der Waals surface area contributed by atoms with Crippen LogP contribution in [0.3, 0.4) is 0 Å². The second-order valence-corrected chi connectivity index (χ2v) is 4.42. The van der Waals surface area contributed by atoms with Gasteiger partial charge in [-0.2, -0.15) is 10.4 Å². The maximum atomic E-state index is 8.72. The van der Waals surface area contributed by atoms with Crippen molar-refractivity contribution in [2.24, 2.45) is 0 Å². The van der Waals surface area contributed by atoms with Gasteiger partial charge in [-0.05, 0) is 24.6 Å². The predicted octanol–water partition coefficient (Wildman–Crippen LogP) is 1.58. The Kier molecular flexibility index (Phi) is 2.69. The summed E-state index contributed by atoms with van der Waals surface area (Å²) < 4.78 is 2.05. The van der Waals surface area contributed by atoms with Crippen molar-refractivity contribution in [1.29, 1.82) is 5.26 Å². The molecule has 0 aliphatic carbocycles. The summed E-state index contributed by atoms with van der Waals surface area (Å²) in [6, 6.07) is 8.14. The maximum absolute atomic E-state index is 8.72. The van der Waals surface area contributed by atoms with Crippen molar-refractivity contribution in [2.45, 2.75) is 25.4 Å². The van der Waals surface area contributed by atoms with Gasteiger partial charge in [0.1, 0.15) is 11.9 Å². The maximum Gasteiger partial charge on any atom is 0.126 e. The van der Waals surface area contributed by atoms with Gasteiger partial charge in [0.25, 0.3) is 0 Å². The number of hydrogen-bond donors (Lipinski definition) is 1. The Morgan fingerprint density at radius 3 is 3.11 bits per heavy atom. The minimum atomic E-state index is 0.384. The second-order valence-electron chi connectivity index (χ2n) is 4.42. The molecule has 3 rings (SSSR count). The Hall–Kier alpha value is -2.35. The minimum Gasteiger partial charge on any atom is -0.367 e. The summed E-state index contributed by atoms with van der Waals surface area (Å²) in [4.78, 5) is 4.23. The lowest BCUT2D eigenvalue weighted by atomic mass is 10.0. The monoisotopic (exact) mass is 239 g/mol. The number of fused-ring (bicyclic) bond motifs is 1. The molecule has 1 atom stereocenters. The molecular formula is C13H13N5. The molecule has 1 aliphatic heterocycles. The van der Waals surface area contributed by atoms with E-state index in [9.17, 15) is 0 Å². The van der Waals surface area contributed by atoms with E-state index in [0.29, 0.717) is 11.6 Å². The molecule has 5 heteroatoms. The SMILES string of the molecule is N#Cc1ccc(NC2CCn3nccc3C2)nc1. The average molecular weight is 239 g/mol. The molecule has 1 unspecified atom stereocenters. The molecule has 18 heavy (non-hydrogen) atoms. The van der Waals surface area contributed by atoms with E-state index < -0.39 is 0 Å². The van der Waals surface area contributed by atoms with E-state index in [4.69, 9.17) is 5.26 Å². The van der Waals surface area contributed by atoms with Gasteiger partial charge in [0.2, 0.25) is 0 Å². The van der Waals surface area contributed by atoms with Crippen LogP contribution in [-0.4, -0.2) is 20.8 Å². The summed E-state index contributed by atoms with van der Waals surface area (Å²) in [7, 11) is 0. The minimum absolute atomic E-state index is 0.384. The van der Waals surface area contributed by atoms with E-state index in [1.807, 2.05) is 16.9 Å². The van der Waals surface area contributed by atoms with Crippen LogP contribution in [0.5, 0.6) is 0 Å². The smallest absolute Gasteiger partial charge is 0.126 e. The van der Waals surface area contributed by atoms with Crippen molar-refractivity contribution >= 4 is 5.82 Å². The average Bonchev–Trinajstić information content (AvgIpc) is 2.87. The fourth-order valence-electron chi connectivity index (χ4n) is 2.25. The lowest BCUT2D eigenvalue weighted by Gasteiger charge is -2.24. The van der Waals surface area contributed by atoms with Crippen LogP contribution in [0.25, 0.3) is 0 Å². The summed E-state index contributed by atoms with van der Waals surface area (Å²) in [5.74, 6) is 0.826. The van der Waals surface area contributed by atoms with Crippen LogP contribution in [0.15, 0.2) is 30.6 Å². The van der Waals surface area contributed by atoms with Crippen molar-refractivity contribution in [2.75, 3.05) is 5.32 Å². The first-order chi connectivity index (χ1) is 8.85. The van der Waals surface area contributed by atoms with Crippen molar-refractivity contribution in [3.63, 3.8) is 0 Å². The van der Waals surface area contributed by atoms with Gasteiger partial charge < -0.3 is 5.32 Å². The van der Waals surface area contributed by atoms with Crippen LogP contribution in [0.4, 0.5) is 5.82 Å². The van der Waals surface area contributed by atoms with Crippen molar-refractivity contribution in [1.82, 2.24) is 14.8 Å². The van der Waals surface area contributed by atoms with Gasteiger partial charge in [-0.1, -0.05) is 0 Å². The molecule has 2 aromatic heterocycles. The van der Waals surface area contributed by atoms with E-state index in [1.54, 1.807) is 12.3 Å². The van der Waals surface area contributed by atoms with E-state index >= 15 is 0 Å². The molecule has 3 heterocycles. The standard InChI is InChI=1S/C13H13N5/c14-8-10-1-2-13(15-9-10)17-11-4-6-18-12(7-11)3-5-16-18/h1-3,5,9,11H,4,6-7H2,(H,15,17). The van der Waals surface area contributed by atoms with Crippen LogP contribution in [0.1, 0.15) is 17.7 Å². The molecule has 0 amide bonds. The molecule has 0 radical (unpaired) electrons. The molecule has 0 saturated carbocycles. The van der Waals surface area contributed by atoms with Gasteiger partial charge in [0.15, 0.2) is 0 Å². The second kappa shape index (κ2) is 4.49. The van der Waals surface area contributed by atoms with Gasteiger partial charge in [-0.15, -0.1) is 0 Å². The Bertz CT molecular complexity index is 578. The van der Waals surface area contributed by atoms with Crippen LogP contribution in [0.2, 0.25) is 0 Å². The highest BCUT2D eigenvalue weighted by Gasteiger charge is 2.18. The largest absolute Gasteiger partial charge is 0.367 e. The number of rotatable bonds is 2. The zero-order valence-electron chi connectivity index (χ0n) is 9.87. The van der Waals surface area contributed by atoms with Gasteiger partial charge in [0, 0.05) is 37.1 Å². The van der Waals surface area contributed by atoms with Crippen molar-refractivity contribution in [3.05, 3.63) is 41.9 Å². The van der Waals surface area contributed by atoms with Crippen LogP contribution in [-0.2, 0) is 13.0 Å². The fraction of sp³-hybridized carbons (Fsp3) is 0.308. The molecule has 2 aromatic rings. The molecule has 1 aliphatic rings. The normalized spacial score (nSPS) is 17.8. The van der Waals surface area contributed by atoms with Gasteiger partial charge in [0.05, 0.1) is 5.56 Å². The van der Waals surface area contributed by atoms with E-state index in [2.05, 4.69) is 27.5 Å². The zero-order chi connectivity index (χ0) is 12.4. The molecule has 0 fully saturated rings. The number of aromatic nitrogens is 3. The number of anilines is 1. The number of hydrogen-bond acceptors (Lipinski definition) is 4. The molecule has 0 spiro atoms. The Morgan fingerprint density at radius 1 is 1.39 bits per heavy atom. The Balaban J connectivity index is 1.69. The first-order valence-corrected chi connectivity index (χ1v) is 5.98. The lowest BCUT2D eigenvalue weighted by Crippen LogP contribution is -2.30. The topological polar surface area (TPSA) is 66.5 Å². The summed E-state index contributed by atoms with van der Waals surface area (Å²) >= 11 is 0. The summed E-state index contributed by atoms with van der Waals surface area (Å²) in [6.07, 6.45) is 5.44. The van der Waals surface area contributed by atoms with Crippen molar-refractivity contribution < 1.29 is 0 Å². The number of nitrogens with zero attached hydrogens (tertiary/aromatic N) is 4. The molecule has 5 nitrogen and oxygen atoms in total. The third-order valence-electron chi connectivity index (χ3n) is 3.19. The van der Waals surface area contributed by atoms with Gasteiger partial charge >= 0.3 is 0 Å². The van der Waals surface area contributed by atoms with Crippen molar-refractivity contribution in [3.8, 4) is 6.07 Å². The number of pyridine rings is 1.